The van der Waals surface area contributed by atoms with Crippen molar-refractivity contribution < 1.29 is 9.53 Å². The Morgan fingerprint density at radius 1 is 1.00 bits per heavy atom. The van der Waals surface area contributed by atoms with Crippen LogP contribution in [-0.2, 0) is 4.79 Å². The summed E-state index contributed by atoms with van der Waals surface area (Å²) in [6.07, 6.45) is 1.59. The molecule has 1 amide bonds. The van der Waals surface area contributed by atoms with Crippen molar-refractivity contribution in [3.05, 3.63) is 90.1 Å². The molecule has 26 heavy (non-hydrogen) atoms. The van der Waals surface area contributed by atoms with E-state index in [1.165, 1.54) is 11.1 Å². The summed E-state index contributed by atoms with van der Waals surface area (Å²) in [5.41, 5.74) is 3.03. The quantitative estimate of drug-likeness (QED) is 0.668. The van der Waals surface area contributed by atoms with Crippen LogP contribution in [0.15, 0.2) is 79.0 Å². The normalized spacial score (nSPS) is 10.5. The minimum Gasteiger partial charge on any atom is -0.481 e. The van der Waals surface area contributed by atoms with Gasteiger partial charge in [-0.05, 0) is 17.2 Å². The molecule has 0 aliphatic heterocycles. The van der Waals surface area contributed by atoms with E-state index in [2.05, 4.69) is 34.6 Å². The molecule has 0 saturated carbocycles. The molecule has 1 aromatic heterocycles. The van der Waals surface area contributed by atoms with Gasteiger partial charge < -0.3 is 10.1 Å². The molecule has 4 nitrogen and oxygen atoms in total. The highest BCUT2D eigenvalue weighted by Crippen LogP contribution is 2.35. The zero-order valence-corrected chi connectivity index (χ0v) is 15.3. The summed E-state index contributed by atoms with van der Waals surface area (Å²) in [4.78, 5) is 16.4. The summed E-state index contributed by atoms with van der Waals surface area (Å²) in [5.74, 6) is 0.810. The van der Waals surface area contributed by atoms with Crippen molar-refractivity contribution in [2.24, 2.45) is 0 Å². The molecule has 0 radical (unpaired) electrons. The lowest BCUT2D eigenvalue weighted by Crippen LogP contribution is -2.15. The molecular weight excluding hydrogens is 344 g/mol. The number of amides is 1. The number of ether oxygens (including phenoxy) is 1. The van der Waals surface area contributed by atoms with Crippen LogP contribution in [0.1, 0.15) is 16.4 Å². The largest absolute Gasteiger partial charge is 0.481 e. The molecule has 0 aliphatic carbocycles. The van der Waals surface area contributed by atoms with Crippen LogP contribution in [0.25, 0.3) is 0 Å². The lowest BCUT2D eigenvalue weighted by molar-refractivity contribution is -0.113. The zero-order valence-electron chi connectivity index (χ0n) is 14.5. The topological polar surface area (TPSA) is 51.2 Å². The number of rotatable bonds is 7. The van der Waals surface area contributed by atoms with E-state index in [1.54, 1.807) is 37.2 Å². The molecule has 0 saturated heterocycles. The fourth-order valence-corrected chi connectivity index (χ4v) is 3.66. The summed E-state index contributed by atoms with van der Waals surface area (Å²) < 4.78 is 5.02. The monoisotopic (exact) mass is 364 g/mol. The third kappa shape index (κ3) is 4.86. The Morgan fingerprint density at radius 2 is 1.62 bits per heavy atom. The maximum absolute atomic E-state index is 12.3. The van der Waals surface area contributed by atoms with E-state index in [1.807, 2.05) is 36.4 Å². The zero-order chi connectivity index (χ0) is 18.2. The Balaban J connectivity index is 1.66. The maximum Gasteiger partial charge on any atom is 0.234 e. The van der Waals surface area contributed by atoms with Gasteiger partial charge in [0.15, 0.2) is 0 Å². The molecule has 0 fully saturated rings. The van der Waals surface area contributed by atoms with Gasteiger partial charge in [0.25, 0.3) is 0 Å². The molecule has 3 aromatic rings. The minimum absolute atomic E-state index is 0.0566. The van der Waals surface area contributed by atoms with E-state index in [9.17, 15) is 4.79 Å². The standard InChI is InChI=1S/C21H20N2O2S/c1-25-20-13-12-18(14-22-20)23-19(24)15-26-21(16-8-4-2-5-9-16)17-10-6-3-7-11-17/h2-14,21H,15H2,1H3,(H,23,24). The van der Waals surface area contributed by atoms with Gasteiger partial charge in [-0.3, -0.25) is 4.79 Å². The molecule has 1 N–H and O–H groups in total. The SMILES string of the molecule is COc1ccc(NC(=O)CSC(c2ccccc2)c2ccccc2)cn1. The lowest BCUT2D eigenvalue weighted by atomic mass is 10.0. The predicted octanol–water partition coefficient (Wildman–Crippen LogP) is 4.55. The van der Waals surface area contributed by atoms with E-state index in [0.717, 1.165) is 0 Å². The Kier molecular flexibility index (Phi) is 6.28. The van der Waals surface area contributed by atoms with Crippen LogP contribution in [-0.4, -0.2) is 23.8 Å². The third-order valence-electron chi connectivity index (χ3n) is 3.81. The Labute approximate surface area is 157 Å². The molecule has 0 bridgehead atoms. The van der Waals surface area contributed by atoms with Gasteiger partial charge in [-0.1, -0.05) is 60.7 Å². The van der Waals surface area contributed by atoms with E-state index >= 15 is 0 Å². The van der Waals surface area contributed by atoms with Gasteiger partial charge in [0.05, 0.1) is 30.0 Å². The Hall–Kier alpha value is -2.79. The van der Waals surface area contributed by atoms with Crippen LogP contribution >= 0.6 is 11.8 Å². The van der Waals surface area contributed by atoms with Crippen molar-refractivity contribution >= 4 is 23.4 Å². The second kappa shape index (κ2) is 9.06. The number of nitrogens with one attached hydrogen (secondary N) is 1. The average Bonchev–Trinajstić information content (AvgIpc) is 2.70. The van der Waals surface area contributed by atoms with Gasteiger partial charge in [-0.25, -0.2) is 4.98 Å². The summed E-state index contributed by atoms with van der Waals surface area (Å²) in [6, 6.07) is 24.0. The van der Waals surface area contributed by atoms with Crippen LogP contribution in [0.5, 0.6) is 5.88 Å². The molecular formula is C21H20N2O2S. The highest BCUT2D eigenvalue weighted by atomic mass is 32.2. The smallest absolute Gasteiger partial charge is 0.234 e. The van der Waals surface area contributed by atoms with Crippen molar-refractivity contribution in [2.45, 2.75) is 5.25 Å². The van der Waals surface area contributed by atoms with Gasteiger partial charge in [0.2, 0.25) is 11.8 Å². The van der Waals surface area contributed by atoms with Gasteiger partial charge in [0.1, 0.15) is 0 Å². The van der Waals surface area contributed by atoms with Crippen molar-refractivity contribution in [3.63, 3.8) is 0 Å². The molecule has 0 aliphatic rings. The lowest BCUT2D eigenvalue weighted by Gasteiger charge is -2.17. The first-order chi connectivity index (χ1) is 12.8. The van der Waals surface area contributed by atoms with Crippen LogP contribution in [0.3, 0.4) is 0 Å². The van der Waals surface area contributed by atoms with E-state index in [4.69, 9.17) is 4.74 Å². The molecule has 3 rings (SSSR count). The highest BCUT2D eigenvalue weighted by molar-refractivity contribution is 8.00. The number of carbonyl (C=O) groups excluding carboxylic acids is 1. The molecule has 0 unspecified atom stereocenters. The number of hydrogen-bond acceptors (Lipinski definition) is 4. The number of pyridine rings is 1. The number of benzene rings is 2. The first-order valence-electron chi connectivity index (χ1n) is 8.27. The first kappa shape index (κ1) is 18.0. The number of methoxy groups -OCH3 is 1. The predicted molar refractivity (Wildman–Crippen MR) is 107 cm³/mol. The van der Waals surface area contributed by atoms with Gasteiger partial charge >= 0.3 is 0 Å². The second-order valence-corrected chi connectivity index (χ2v) is 6.74. The number of carbonyl (C=O) groups is 1. The first-order valence-corrected chi connectivity index (χ1v) is 9.32. The third-order valence-corrected chi connectivity index (χ3v) is 5.12. The molecule has 2 aromatic carbocycles. The summed E-state index contributed by atoms with van der Waals surface area (Å²) in [5, 5.41) is 2.98. The van der Waals surface area contributed by atoms with Gasteiger partial charge in [-0.15, -0.1) is 11.8 Å². The number of anilines is 1. The Bertz CT molecular complexity index is 784. The summed E-state index contributed by atoms with van der Waals surface area (Å²) in [6.45, 7) is 0. The van der Waals surface area contributed by atoms with Crippen molar-refractivity contribution in [1.82, 2.24) is 4.98 Å². The van der Waals surface area contributed by atoms with Gasteiger partial charge in [0, 0.05) is 6.07 Å². The van der Waals surface area contributed by atoms with Crippen LogP contribution < -0.4 is 10.1 Å². The van der Waals surface area contributed by atoms with Crippen LogP contribution in [0, 0.1) is 0 Å². The molecule has 132 valence electrons. The minimum atomic E-state index is -0.0566. The Morgan fingerprint density at radius 3 is 2.12 bits per heavy atom. The number of hydrogen-bond donors (Lipinski definition) is 1. The van der Waals surface area contributed by atoms with Crippen LogP contribution in [0.2, 0.25) is 0 Å². The second-order valence-electron chi connectivity index (χ2n) is 5.65. The number of nitrogens with zero attached hydrogens (tertiary/aromatic N) is 1. The van der Waals surface area contributed by atoms with Crippen molar-refractivity contribution in [2.75, 3.05) is 18.2 Å². The van der Waals surface area contributed by atoms with E-state index < -0.39 is 0 Å². The van der Waals surface area contributed by atoms with E-state index in [-0.39, 0.29) is 11.2 Å². The fourth-order valence-electron chi connectivity index (χ4n) is 2.57. The highest BCUT2D eigenvalue weighted by Gasteiger charge is 2.16. The number of aromatic nitrogens is 1. The van der Waals surface area contributed by atoms with Gasteiger partial charge in [-0.2, -0.15) is 0 Å². The van der Waals surface area contributed by atoms with E-state index in [0.29, 0.717) is 17.3 Å². The molecule has 5 heteroatoms. The molecule has 0 spiro atoms. The summed E-state index contributed by atoms with van der Waals surface area (Å²) >= 11 is 1.61. The van der Waals surface area contributed by atoms with Crippen LogP contribution in [0.4, 0.5) is 5.69 Å². The fraction of sp³-hybridized carbons (Fsp3) is 0.143. The maximum atomic E-state index is 12.3. The molecule has 0 atom stereocenters. The molecule has 1 heterocycles. The van der Waals surface area contributed by atoms with Crippen molar-refractivity contribution in [1.29, 1.82) is 0 Å². The average molecular weight is 364 g/mol. The summed E-state index contributed by atoms with van der Waals surface area (Å²) in [7, 11) is 1.56. The number of thioether (sulfide) groups is 1. The van der Waals surface area contributed by atoms with Crippen molar-refractivity contribution in [3.8, 4) is 5.88 Å².